The topological polar surface area (TPSA) is 53.9 Å². The third-order valence-electron chi connectivity index (χ3n) is 4.28. The molecule has 26 heavy (non-hydrogen) atoms. The molecule has 1 aliphatic heterocycles. The number of anilines is 1. The second-order valence-electron chi connectivity index (χ2n) is 6.27. The molecule has 0 spiro atoms. The summed E-state index contributed by atoms with van der Waals surface area (Å²) < 4.78 is 6.33. The van der Waals surface area contributed by atoms with E-state index in [4.69, 9.17) is 4.74 Å². The second-order valence-corrected chi connectivity index (χ2v) is 7.19. The standard InChI is InChI=1S/C20H22BrN3O2/c1-15-11-18(24-9-2-3-10-24)8-7-16(15)13-22-23-20(25)14-26-19-6-4-5-17(21)12-19/h4-8,11-13H,2-3,9-10,14H2,1H3,(H,23,25)/b22-13+. The maximum Gasteiger partial charge on any atom is 0.277 e. The van der Waals surface area contributed by atoms with Crippen LogP contribution in [0, 0.1) is 6.92 Å². The molecular weight excluding hydrogens is 394 g/mol. The molecule has 1 N–H and O–H groups in total. The van der Waals surface area contributed by atoms with Gasteiger partial charge in [-0.05, 0) is 61.2 Å². The van der Waals surface area contributed by atoms with Crippen molar-refractivity contribution in [3.05, 3.63) is 58.1 Å². The molecule has 2 aromatic carbocycles. The van der Waals surface area contributed by atoms with E-state index in [-0.39, 0.29) is 12.5 Å². The van der Waals surface area contributed by atoms with Crippen LogP contribution >= 0.6 is 15.9 Å². The Bertz CT molecular complexity index is 801. The Morgan fingerprint density at radius 1 is 1.27 bits per heavy atom. The van der Waals surface area contributed by atoms with Crippen LogP contribution < -0.4 is 15.1 Å². The first-order chi connectivity index (χ1) is 12.6. The van der Waals surface area contributed by atoms with Gasteiger partial charge in [-0.2, -0.15) is 5.10 Å². The second kappa shape index (κ2) is 8.85. The Labute approximate surface area is 162 Å². The SMILES string of the molecule is Cc1cc(N2CCCC2)ccc1/C=N/NC(=O)COc1cccc(Br)c1. The first-order valence-electron chi connectivity index (χ1n) is 8.68. The third kappa shape index (κ3) is 5.08. The van der Waals surface area contributed by atoms with Crippen LogP contribution in [0.5, 0.6) is 5.75 Å². The lowest BCUT2D eigenvalue weighted by Crippen LogP contribution is -2.24. The van der Waals surface area contributed by atoms with Gasteiger partial charge in [0.2, 0.25) is 0 Å². The molecule has 0 radical (unpaired) electrons. The number of hydrogen-bond acceptors (Lipinski definition) is 4. The quantitative estimate of drug-likeness (QED) is 0.574. The molecule has 0 atom stereocenters. The number of aryl methyl sites for hydroxylation is 1. The lowest BCUT2D eigenvalue weighted by Gasteiger charge is -2.18. The van der Waals surface area contributed by atoms with E-state index in [1.54, 1.807) is 12.3 Å². The van der Waals surface area contributed by atoms with E-state index in [0.29, 0.717) is 5.75 Å². The summed E-state index contributed by atoms with van der Waals surface area (Å²) in [6.07, 6.45) is 4.19. The molecule has 0 aromatic heterocycles. The van der Waals surface area contributed by atoms with E-state index in [9.17, 15) is 4.79 Å². The number of nitrogens with one attached hydrogen (secondary N) is 1. The summed E-state index contributed by atoms with van der Waals surface area (Å²) in [7, 11) is 0. The molecular formula is C20H22BrN3O2. The molecule has 6 heteroatoms. The first-order valence-corrected chi connectivity index (χ1v) is 9.47. The summed E-state index contributed by atoms with van der Waals surface area (Å²) >= 11 is 3.36. The number of hydrogen-bond donors (Lipinski definition) is 1. The van der Waals surface area contributed by atoms with Gasteiger partial charge in [0.05, 0.1) is 6.21 Å². The number of carbonyl (C=O) groups is 1. The predicted octanol–water partition coefficient (Wildman–Crippen LogP) is 3.89. The van der Waals surface area contributed by atoms with Gasteiger partial charge in [0.1, 0.15) is 5.75 Å². The fourth-order valence-electron chi connectivity index (χ4n) is 2.89. The number of halogens is 1. The largest absolute Gasteiger partial charge is 0.484 e. The molecule has 0 unspecified atom stereocenters. The van der Waals surface area contributed by atoms with Gasteiger partial charge in [-0.25, -0.2) is 5.43 Å². The smallest absolute Gasteiger partial charge is 0.277 e. The number of rotatable bonds is 6. The van der Waals surface area contributed by atoms with E-state index in [0.717, 1.165) is 28.7 Å². The lowest BCUT2D eigenvalue weighted by atomic mass is 10.1. The fourth-order valence-corrected chi connectivity index (χ4v) is 3.27. The van der Waals surface area contributed by atoms with Crippen LogP contribution in [0.15, 0.2) is 52.0 Å². The van der Waals surface area contributed by atoms with Crippen molar-refractivity contribution >= 4 is 33.7 Å². The Morgan fingerprint density at radius 3 is 2.81 bits per heavy atom. The lowest BCUT2D eigenvalue weighted by molar-refractivity contribution is -0.123. The van der Waals surface area contributed by atoms with Crippen LogP contribution in [0.1, 0.15) is 24.0 Å². The van der Waals surface area contributed by atoms with Crippen molar-refractivity contribution in [3.63, 3.8) is 0 Å². The fraction of sp³-hybridized carbons (Fsp3) is 0.300. The van der Waals surface area contributed by atoms with E-state index < -0.39 is 0 Å². The van der Waals surface area contributed by atoms with Crippen LogP contribution in [0.2, 0.25) is 0 Å². The van der Waals surface area contributed by atoms with Crippen molar-refractivity contribution in [2.75, 3.05) is 24.6 Å². The number of hydrazone groups is 1. The summed E-state index contributed by atoms with van der Waals surface area (Å²) in [5.41, 5.74) is 5.87. The Balaban J connectivity index is 1.50. The van der Waals surface area contributed by atoms with Crippen LogP contribution in [0.4, 0.5) is 5.69 Å². The summed E-state index contributed by atoms with van der Waals surface area (Å²) in [5, 5.41) is 4.03. The van der Waals surface area contributed by atoms with Crippen molar-refractivity contribution in [3.8, 4) is 5.75 Å². The van der Waals surface area contributed by atoms with Crippen LogP contribution in [-0.2, 0) is 4.79 Å². The average molecular weight is 416 g/mol. The normalized spacial score (nSPS) is 14.0. The number of ether oxygens (including phenoxy) is 1. The minimum absolute atomic E-state index is 0.0827. The van der Waals surface area contributed by atoms with Gasteiger partial charge in [-0.1, -0.05) is 28.1 Å². The minimum atomic E-state index is -0.299. The molecule has 136 valence electrons. The number of nitrogens with zero attached hydrogens (tertiary/aromatic N) is 2. The summed E-state index contributed by atoms with van der Waals surface area (Å²) in [6.45, 7) is 4.22. The molecule has 1 heterocycles. The van der Waals surface area contributed by atoms with Crippen molar-refractivity contribution in [1.29, 1.82) is 0 Å². The van der Waals surface area contributed by atoms with Crippen molar-refractivity contribution in [1.82, 2.24) is 5.43 Å². The summed E-state index contributed by atoms with van der Waals surface area (Å²) in [6, 6.07) is 13.7. The molecule has 0 bridgehead atoms. The zero-order valence-electron chi connectivity index (χ0n) is 14.7. The monoisotopic (exact) mass is 415 g/mol. The van der Waals surface area contributed by atoms with Crippen molar-refractivity contribution in [2.24, 2.45) is 5.10 Å². The highest BCUT2D eigenvalue weighted by atomic mass is 79.9. The van der Waals surface area contributed by atoms with Crippen molar-refractivity contribution < 1.29 is 9.53 Å². The zero-order valence-corrected chi connectivity index (χ0v) is 16.3. The average Bonchev–Trinajstić information content (AvgIpc) is 3.16. The van der Waals surface area contributed by atoms with E-state index >= 15 is 0 Å². The Morgan fingerprint density at radius 2 is 2.08 bits per heavy atom. The molecule has 5 nitrogen and oxygen atoms in total. The van der Waals surface area contributed by atoms with Gasteiger partial charge in [0.25, 0.3) is 5.91 Å². The molecule has 1 amide bonds. The number of benzene rings is 2. The summed E-state index contributed by atoms with van der Waals surface area (Å²) in [4.78, 5) is 14.2. The van der Waals surface area contributed by atoms with Crippen LogP contribution in [0.3, 0.4) is 0 Å². The van der Waals surface area contributed by atoms with E-state index in [2.05, 4.69) is 50.4 Å². The highest BCUT2D eigenvalue weighted by Crippen LogP contribution is 2.22. The van der Waals surface area contributed by atoms with E-state index in [1.807, 2.05) is 24.3 Å². The molecule has 0 aliphatic carbocycles. The molecule has 1 fully saturated rings. The molecule has 1 saturated heterocycles. The van der Waals surface area contributed by atoms with Crippen LogP contribution in [0.25, 0.3) is 0 Å². The molecule has 0 saturated carbocycles. The predicted molar refractivity (Wildman–Crippen MR) is 108 cm³/mol. The highest BCUT2D eigenvalue weighted by Gasteiger charge is 2.12. The summed E-state index contributed by atoms with van der Waals surface area (Å²) in [5.74, 6) is 0.333. The highest BCUT2D eigenvalue weighted by molar-refractivity contribution is 9.10. The molecule has 1 aliphatic rings. The Hall–Kier alpha value is -2.34. The van der Waals surface area contributed by atoms with Gasteiger partial charge in [-0.15, -0.1) is 0 Å². The Kier molecular flexibility index (Phi) is 6.28. The third-order valence-corrected chi connectivity index (χ3v) is 4.78. The number of amides is 1. The minimum Gasteiger partial charge on any atom is -0.484 e. The van der Waals surface area contributed by atoms with Gasteiger partial charge in [-0.3, -0.25) is 4.79 Å². The molecule has 2 aromatic rings. The maximum absolute atomic E-state index is 11.8. The zero-order chi connectivity index (χ0) is 18.4. The van der Waals surface area contributed by atoms with Gasteiger partial charge >= 0.3 is 0 Å². The van der Waals surface area contributed by atoms with Crippen molar-refractivity contribution in [2.45, 2.75) is 19.8 Å². The van der Waals surface area contributed by atoms with Gasteiger partial charge < -0.3 is 9.64 Å². The molecule has 3 rings (SSSR count). The van der Waals surface area contributed by atoms with Crippen LogP contribution in [-0.4, -0.2) is 31.8 Å². The maximum atomic E-state index is 11.8. The first kappa shape index (κ1) is 18.5. The number of carbonyl (C=O) groups excluding carboxylic acids is 1. The van der Waals surface area contributed by atoms with Gasteiger partial charge in [0, 0.05) is 23.2 Å². The van der Waals surface area contributed by atoms with E-state index in [1.165, 1.54) is 18.5 Å². The van der Waals surface area contributed by atoms with Gasteiger partial charge in [0.15, 0.2) is 6.61 Å².